The minimum absolute atomic E-state index is 0.321. The van der Waals surface area contributed by atoms with Gasteiger partial charge in [-0.15, -0.1) is 0 Å². The van der Waals surface area contributed by atoms with Gasteiger partial charge in [-0.05, 0) is 5.92 Å². The van der Waals surface area contributed by atoms with Crippen LogP contribution in [0.25, 0.3) is 0 Å². The molecular formula is C30H57FO2. The van der Waals surface area contributed by atoms with Gasteiger partial charge in [0.15, 0.2) is 0 Å². The van der Waals surface area contributed by atoms with Crippen LogP contribution in [-0.2, 0) is 9.53 Å². The molecule has 0 saturated heterocycles. The van der Waals surface area contributed by atoms with Crippen molar-refractivity contribution in [2.45, 2.75) is 168 Å². The van der Waals surface area contributed by atoms with E-state index >= 15 is 0 Å². The van der Waals surface area contributed by atoms with Gasteiger partial charge in [0, 0.05) is 12.5 Å². The highest BCUT2D eigenvalue weighted by Gasteiger charge is 2.18. The van der Waals surface area contributed by atoms with Gasteiger partial charge in [0.25, 0.3) is 0 Å². The summed E-state index contributed by atoms with van der Waals surface area (Å²) in [4.78, 5) is 11.3. The fraction of sp³-hybridized carbons (Fsp3) is 0.900. The normalized spacial score (nSPS) is 13.1. The third-order valence-electron chi connectivity index (χ3n) is 6.86. The first-order chi connectivity index (χ1) is 16.1. The van der Waals surface area contributed by atoms with E-state index in [1.165, 1.54) is 122 Å². The van der Waals surface area contributed by atoms with Crippen molar-refractivity contribution >= 4 is 5.97 Å². The highest BCUT2D eigenvalue weighted by atomic mass is 19.1. The van der Waals surface area contributed by atoms with Gasteiger partial charge < -0.3 is 4.74 Å². The topological polar surface area (TPSA) is 26.3 Å². The lowest BCUT2D eigenvalue weighted by Crippen LogP contribution is -2.16. The van der Waals surface area contributed by atoms with Crippen LogP contribution in [0.15, 0.2) is 12.7 Å². The molecule has 3 heteroatoms. The Morgan fingerprint density at radius 1 is 0.667 bits per heavy atom. The zero-order valence-corrected chi connectivity index (χ0v) is 22.4. The van der Waals surface area contributed by atoms with Crippen molar-refractivity contribution in [3.63, 3.8) is 0 Å². The van der Waals surface area contributed by atoms with Gasteiger partial charge in [-0.25, -0.2) is 9.18 Å². The number of carbonyl (C=O) groups is 1. The van der Waals surface area contributed by atoms with E-state index in [0.29, 0.717) is 12.3 Å². The molecule has 0 aliphatic rings. The summed E-state index contributed by atoms with van der Waals surface area (Å²) < 4.78 is 18.9. The van der Waals surface area contributed by atoms with Crippen molar-refractivity contribution in [1.82, 2.24) is 0 Å². The summed E-state index contributed by atoms with van der Waals surface area (Å²) in [5.41, 5.74) is 0. The number of unbranched alkanes of at least 4 members (excludes halogenated alkanes) is 18. The van der Waals surface area contributed by atoms with E-state index in [9.17, 15) is 9.18 Å². The monoisotopic (exact) mass is 468 g/mol. The number of hydrogen-bond donors (Lipinski definition) is 0. The van der Waals surface area contributed by atoms with Gasteiger partial charge in [0.2, 0.25) is 6.36 Å². The second-order valence-electron chi connectivity index (χ2n) is 10.1. The number of hydrogen-bond acceptors (Lipinski definition) is 2. The molecule has 0 heterocycles. The molecule has 0 fully saturated rings. The Hall–Kier alpha value is -0.860. The molecule has 0 aliphatic heterocycles. The van der Waals surface area contributed by atoms with Crippen LogP contribution in [0.4, 0.5) is 4.39 Å². The van der Waals surface area contributed by atoms with Crippen molar-refractivity contribution in [3.05, 3.63) is 12.7 Å². The lowest BCUT2D eigenvalue weighted by molar-refractivity contribution is -0.153. The molecular weight excluding hydrogens is 411 g/mol. The van der Waals surface area contributed by atoms with Crippen LogP contribution >= 0.6 is 0 Å². The highest BCUT2D eigenvalue weighted by molar-refractivity contribution is 5.81. The Labute approximate surface area is 206 Å². The average Bonchev–Trinajstić information content (AvgIpc) is 2.80. The molecule has 0 aromatic carbocycles. The lowest BCUT2D eigenvalue weighted by Gasteiger charge is -2.19. The van der Waals surface area contributed by atoms with E-state index in [0.717, 1.165) is 25.3 Å². The van der Waals surface area contributed by atoms with Crippen molar-refractivity contribution < 1.29 is 13.9 Å². The number of alkyl halides is 1. The predicted octanol–water partition coefficient (Wildman–Crippen LogP) is 10.6. The maximum Gasteiger partial charge on any atom is 0.332 e. The molecule has 0 rings (SSSR count). The first kappa shape index (κ1) is 32.1. The summed E-state index contributed by atoms with van der Waals surface area (Å²) in [5.74, 6) is -0.336. The summed E-state index contributed by atoms with van der Waals surface area (Å²) >= 11 is 0. The molecule has 0 bridgehead atoms. The Balaban J connectivity index is 3.76. The fourth-order valence-electron chi connectivity index (χ4n) is 4.71. The van der Waals surface area contributed by atoms with Crippen molar-refractivity contribution in [3.8, 4) is 0 Å². The van der Waals surface area contributed by atoms with Gasteiger partial charge in [-0.3, -0.25) is 0 Å². The smallest absolute Gasteiger partial charge is 0.332 e. The van der Waals surface area contributed by atoms with E-state index in [-0.39, 0.29) is 0 Å². The molecule has 0 aromatic heterocycles. The number of halogens is 1. The molecule has 33 heavy (non-hydrogen) atoms. The summed E-state index contributed by atoms with van der Waals surface area (Å²) in [7, 11) is 0. The van der Waals surface area contributed by atoms with E-state index < -0.39 is 12.3 Å². The number of esters is 1. The Bertz CT molecular complexity index is 424. The van der Waals surface area contributed by atoms with Crippen molar-refractivity contribution in [1.29, 1.82) is 0 Å². The van der Waals surface area contributed by atoms with Crippen LogP contribution < -0.4 is 0 Å². The van der Waals surface area contributed by atoms with Crippen LogP contribution in [0.2, 0.25) is 0 Å². The molecule has 0 amide bonds. The van der Waals surface area contributed by atoms with Gasteiger partial charge in [-0.1, -0.05) is 162 Å². The first-order valence-corrected chi connectivity index (χ1v) is 14.6. The maximum absolute atomic E-state index is 14.1. The van der Waals surface area contributed by atoms with E-state index in [2.05, 4.69) is 20.4 Å². The second-order valence-corrected chi connectivity index (χ2v) is 10.1. The zero-order valence-electron chi connectivity index (χ0n) is 22.4. The molecule has 0 saturated carbocycles. The molecule has 2 atom stereocenters. The van der Waals surface area contributed by atoms with Crippen molar-refractivity contribution in [2.75, 3.05) is 0 Å². The van der Waals surface area contributed by atoms with Gasteiger partial charge in [0.1, 0.15) is 0 Å². The SMILES string of the molecule is C=CC(=O)OC(F)CC(CCCCCCC)CCCCCCCCCCCCCCCCC. The molecule has 0 aromatic rings. The molecule has 196 valence electrons. The summed E-state index contributed by atoms with van der Waals surface area (Å²) in [5, 5.41) is 0. The van der Waals surface area contributed by atoms with Crippen molar-refractivity contribution in [2.24, 2.45) is 5.92 Å². The van der Waals surface area contributed by atoms with E-state index in [4.69, 9.17) is 4.74 Å². The van der Waals surface area contributed by atoms with Gasteiger partial charge in [0.05, 0.1) is 0 Å². The number of rotatable bonds is 26. The van der Waals surface area contributed by atoms with Crippen LogP contribution in [0.5, 0.6) is 0 Å². The number of ether oxygens (including phenoxy) is 1. The quantitative estimate of drug-likeness (QED) is 0.0716. The molecule has 0 spiro atoms. The van der Waals surface area contributed by atoms with Crippen LogP contribution in [0.3, 0.4) is 0 Å². The second kappa shape index (κ2) is 25.8. The third-order valence-corrected chi connectivity index (χ3v) is 6.86. The largest absolute Gasteiger partial charge is 0.428 e. The highest BCUT2D eigenvalue weighted by Crippen LogP contribution is 2.25. The minimum atomic E-state index is -1.49. The first-order valence-electron chi connectivity index (χ1n) is 14.6. The average molecular weight is 469 g/mol. The third kappa shape index (κ3) is 24.1. The summed E-state index contributed by atoms with van der Waals surface area (Å²) in [6.45, 7) is 7.85. The molecule has 2 unspecified atom stereocenters. The van der Waals surface area contributed by atoms with Gasteiger partial charge in [-0.2, -0.15) is 0 Å². The van der Waals surface area contributed by atoms with E-state index in [1.54, 1.807) is 0 Å². The molecule has 0 aliphatic carbocycles. The maximum atomic E-state index is 14.1. The Kier molecular flexibility index (Phi) is 25.1. The van der Waals surface area contributed by atoms with Crippen LogP contribution in [0, 0.1) is 5.92 Å². The Morgan fingerprint density at radius 3 is 1.33 bits per heavy atom. The van der Waals surface area contributed by atoms with Crippen LogP contribution in [0.1, 0.15) is 162 Å². The molecule has 2 nitrogen and oxygen atoms in total. The molecule has 0 N–H and O–H groups in total. The zero-order chi connectivity index (χ0) is 24.4. The standard InChI is InChI=1S/C30H57FO2/c1-4-7-9-11-12-13-14-15-16-17-18-19-20-22-24-26-28(25-23-21-10-8-5-2)27-29(31)33-30(32)6-3/h6,28-29H,3-5,7-27H2,1-2H3. The summed E-state index contributed by atoms with van der Waals surface area (Å²) in [6.07, 6.45) is 28.6. The minimum Gasteiger partial charge on any atom is -0.428 e. The predicted molar refractivity (Wildman–Crippen MR) is 142 cm³/mol. The van der Waals surface area contributed by atoms with Gasteiger partial charge >= 0.3 is 5.97 Å². The fourth-order valence-corrected chi connectivity index (χ4v) is 4.71. The van der Waals surface area contributed by atoms with Crippen LogP contribution in [-0.4, -0.2) is 12.3 Å². The number of carbonyl (C=O) groups excluding carboxylic acids is 1. The summed E-state index contributed by atoms with van der Waals surface area (Å²) in [6, 6.07) is 0. The lowest BCUT2D eigenvalue weighted by atomic mass is 9.91. The Morgan fingerprint density at radius 2 is 1.00 bits per heavy atom. The van der Waals surface area contributed by atoms with E-state index in [1.807, 2.05) is 0 Å². The molecule has 0 radical (unpaired) electrons.